The zero-order chi connectivity index (χ0) is 8.81. The fraction of sp³-hybridized carbons (Fsp3) is 0.286. The van der Waals surface area contributed by atoms with E-state index in [4.69, 9.17) is 5.26 Å². The van der Waals surface area contributed by atoms with Gasteiger partial charge in [0.25, 0.3) is 0 Å². The Morgan fingerprint density at radius 3 is 3.25 bits per heavy atom. The second kappa shape index (κ2) is 4.13. The van der Waals surface area contributed by atoms with Crippen LogP contribution in [-0.4, -0.2) is 15.9 Å². The molecule has 0 radical (unpaired) electrons. The summed E-state index contributed by atoms with van der Waals surface area (Å²) in [6.07, 6.45) is 3.16. The van der Waals surface area contributed by atoms with Crippen molar-refractivity contribution in [3.63, 3.8) is 0 Å². The Morgan fingerprint density at radius 1 is 1.83 bits per heavy atom. The van der Waals surface area contributed by atoms with Crippen molar-refractivity contribution in [1.82, 2.24) is 15.3 Å². The average molecular weight is 164 g/mol. The van der Waals surface area contributed by atoms with Crippen molar-refractivity contribution < 1.29 is 4.79 Å². The Balaban J connectivity index is 2.28. The fourth-order valence-electron chi connectivity index (χ4n) is 0.711. The highest BCUT2D eigenvalue weighted by Crippen LogP contribution is 1.86. The van der Waals surface area contributed by atoms with Gasteiger partial charge in [-0.15, -0.1) is 0 Å². The molecule has 62 valence electrons. The number of hydrogen-bond donors (Lipinski definition) is 2. The Morgan fingerprint density at radius 2 is 2.67 bits per heavy atom. The third-order valence-electron chi connectivity index (χ3n) is 1.25. The van der Waals surface area contributed by atoms with Gasteiger partial charge in [0, 0.05) is 12.4 Å². The van der Waals surface area contributed by atoms with Gasteiger partial charge in [0.05, 0.1) is 12.6 Å². The number of carbonyl (C=O) groups is 1. The van der Waals surface area contributed by atoms with Crippen molar-refractivity contribution in [2.75, 3.05) is 0 Å². The number of imidazole rings is 1. The standard InChI is InChI=1S/C7H8N4O/c8-2-1-7(12)11-5-6-9-3-4-10-6/h3-4H,1,5H2,(H,9,10)(H,11,12). The molecule has 0 aromatic carbocycles. The van der Waals surface area contributed by atoms with Crippen LogP contribution in [0.1, 0.15) is 12.2 Å². The average Bonchev–Trinajstić information content (AvgIpc) is 2.53. The Hall–Kier alpha value is -1.83. The first-order chi connectivity index (χ1) is 5.83. The van der Waals surface area contributed by atoms with Crippen LogP contribution in [0.4, 0.5) is 0 Å². The van der Waals surface area contributed by atoms with E-state index in [1.165, 1.54) is 0 Å². The van der Waals surface area contributed by atoms with Gasteiger partial charge in [0.15, 0.2) is 0 Å². The third kappa shape index (κ3) is 2.42. The molecule has 0 atom stereocenters. The molecule has 12 heavy (non-hydrogen) atoms. The quantitative estimate of drug-likeness (QED) is 0.656. The molecule has 0 fully saturated rings. The summed E-state index contributed by atoms with van der Waals surface area (Å²) in [7, 11) is 0. The van der Waals surface area contributed by atoms with E-state index in [0.717, 1.165) is 0 Å². The normalized spacial score (nSPS) is 8.92. The molecule has 1 aromatic heterocycles. The lowest BCUT2D eigenvalue weighted by Crippen LogP contribution is -2.22. The molecule has 0 unspecified atom stereocenters. The fourth-order valence-corrected chi connectivity index (χ4v) is 0.711. The Labute approximate surface area is 69.4 Å². The van der Waals surface area contributed by atoms with Crippen LogP contribution in [0.15, 0.2) is 12.4 Å². The number of nitriles is 1. The smallest absolute Gasteiger partial charge is 0.234 e. The zero-order valence-corrected chi connectivity index (χ0v) is 6.37. The maximum absolute atomic E-state index is 10.8. The molecule has 1 aromatic rings. The number of rotatable bonds is 3. The van der Waals surface area contributed by atoms with E-state index in [-0.39, 0.29) is 12.3 Å². The first-order valence-electron chi connectivity index (χ1n) is 3.45. The van der Waals surface area contributed by atoms with Crippen molar-refractivity contribution >= 4 is 5.91 Å². The number of aromatic amines is 1. The van der Waals surface area contributed by atoms with E-state index >= 15 is 0 Å². The summed E-state index contributed by atoms with van der Waals surface area (Å²) in [4.78, 5) is 17.5. The van der Waals surface area contributed by atoms with Crippen LogP contribution in [0.5, 0.6) is 0 Å². The number of nitrogens with one attached hydrogen (secondary N) is 2. The SMILES string of the molecule is N#CCC(=O)NCc1ncc[nH]1. The third-order valence-corrected chi connectivity index (χ3v) is 1.25. The lowest BCUT2D eigenvalue weighted by molar-refractivity contribution is -0.120. The molecule has 0 saturated carbocycles. The number of H-pyrrole nitrogens is 1. The highest BCUT2D eigenvalue weighted by atomic mass is 16.1. The number of nitrogens with zero attached hydrogens (tertiary/aromatic N) is 2. The van der Waals surface area contributed by atoms with Crippen molar-refractivity contribution in [1.29, 1.82) is 5.26 Å². The molecule has 0 saturated heterocycles. The molecule has 0 bridgehead atoms. The van der Waals surface area contributed by atoms with Crippen molar-refractivity contribution in [3.8, 4) is 6.07 Å². The molecule has 0 aliphatic carbocycles. The lowest BCUT2D eigenvalue weighted by Gasteiger charge is -1.97. The van der Waals surface area contributed by atoms with Crippen molar-refractivity contribution in [2.24, 2.45) is 0 Å². The van der Waals surface area contributed by atoms with Gasteiger partial charge in [-0.2, -0.15) is 5.26 Å². The van der Waals surface area contributed by atoms with Crippen LogP contribution >= 0.6 is 0 Å². The van der Waals surface area contributed by atoms with Gasteiger partial charge in [-0.1, -0.05) is 0 Å². The summed E-state index contributed by atoms with van der Waals surface area (Å²) in [6, 6.07) is 1.75. The minimum absolute atomic E-state index is 0.110. The minimum atomic E-state index is -0.283. The van der Waals surface area contributed by atoms with Crippen LogP contribution in [0, 0.1) is 11.3 Å². The van der Waals surface area contributed by atoms with Crippen molar-refractivity contribution in [2.45, 2.75) is 13.0 Å². The van der Waals surface area contributed by atoms with Gasteiger partial charge in [-0.05, 0) is 0 Å². The summed E-state index contributed by atoms with van der Waals surface area (Å²) >= 11 is 0. The van der Waals surface area contributed by atoms with Crippen molar-refractivity contribution in [3.05, 3.63) is 18.2 Å². The number of amides is 1. The second-order valence-electron chi connectivity index (χ2n) is 2.15. The molecule has 0 aliphatic heterocycles. The van der Waals surface area contributed by atoms with Gasteiger partial charge in [0.1, 0.15) is 12.2 Å². The van der Waals surface area contributed by atoms with Crippen LogP contribution < -0.4 is 5.32 Å². The zero-order valence-electron chi connectivity index (χ0n) is 6.37. The van der Waals surface area contributed by atoms with Gasteiger partial charge >= 0.3 is 0 Å². The van der Waals surface area contributed by atoms with E-state index < -0.39 is 0 Å². The van der Waals surface area contributed by atoms with E-state index in [9.17, 15) is 4.79 Å². The molecule has 0 aliphatic rings. The topological polar surface area (TPSA) is 81.6 Å². The molecule has 1 heterocycles. The molecule has 5 heteroatoms. The molecule has 5 nitrogen and oxygen atoms in total. The van der Waals surface area contributed by atoms with Crippen LogP contribution in [0.2, 0.25) is 0 Å². The van der Waals surface area contributed by atoms with Gasteiger partial charge in [0.2, 0.25) is 5.91 Å². The number of carbonyl (C=O) groups excluding carboxylic acids is 1. The highest BCUT2D eigenvalue weighted by molar-refractivity contribution is 5.77. The predicted octanol–water partition coefficient (Wildman–Crippen LogP) is -0.0604. The maximum Gasteiger partial charge on any atom is 0.234 e. The van der Waals surface area contributed by atoms with E-state index in [2.05, 4.69) is 15.3 Å². The lowest BCUT2D eigenvalue weighted by atomic mass is 10.4. The van der Waals surface area contributed by atoms with Crippen LogP contribution in [0.25, 0.3) is 0 Å². The Bertz CT molecular complexity index is 285. The minimum Gasteiger partial charge on any atom is -0.348 e. The van der Waals surface area contributed by atoms with Crippen LogP contribution in [0.3, 0.4) is 0 Å². The molecular weight excluding hydrogens is 156 g/mol. The highest BCUT2D eigenvalue weighted by Gasteiger charge is 1.99. The van der Waals surface area contributed by atoms with E-state index in [1.54, 1.807) is 18.5 Å². The van der Waals surface area contributed by atoms with E-state index in [0.29, 0.717) is 12.4 Å². The number of hydrogen-bond acceptors (Lipinski definition) is 3. The summed E-state index contributed by atoms with van der Waals surface area (Å²) in [6.45, 7) is 0.341. The van der Waals surface area contributed by atoms with Gasteiger partial charge in [-0.25, -0.2) is 4.98 Å². The summed E-state index contributed by atoms with van der Waals surface area (Å²) < 4.78 is 0. The molecule has 0 spiro atoms. The number of aromatic nitrogens is 2. The molecule has 2 N–H and O–H groups in total. The maximum atomic E-state index is 10.8. The van der Waals surface area contributed by atoms with E-state index in [1.807, 2.05) is 0 Å². The monoisotopic (exact) mass is 164 g/mol. The Kier molecular flexibility index (Phi) is 2.85. The summed E-state index contributed by atoms with van der Waals surface area (Å²) in [5, 5.41) is 10.7. The van der Waals surface area contributed by atoms with Crippen LogP contribution in [-0.2, 0) is 11.3 Å². The predicted molar refractivity (Wildman–Crippen MR) is 40.7 cm³/mol. The molecule has 1 amide bonds. The first-order valence-corrected chi connectivity index (χ1v) is 3.45. The molecular formula is C7H8N4O. The molecule has 1 rings (SSSR count). The summed E-state index contributed by atoms with van der Waals surface area (Å²) in [5.41, 5.74) is 0. The largest absolute Gasteiger partial charge is 0.348 e. The van der Waals surface area contributed by atoms with Gasteiger partial charge < -0.3 is 10.3 Å². The van der Waals surface area contributed by atoms with Gasteiger partial charge in [-0.3, -0.25) is 4.79 Å². The first kappa shape index (κ1) is 8.27. The summed E-state index contributed by atoms with van der Waals surface area (Å²) in [5.74, 6) is 0.398. The second-order valence-corrected chi connectivity index (χ2v) is 2.15.